The van der Waals surface area contributed by atoms with Crippen molar-refractivity contribution in [2.45, 2.75) is 0 Å². The Bertz CT molecular complexity index is 3170. The van der Waals surface area contributed by atoms with E-state index < -0.39 is 0 Å². The predicted octanol–water partition coefficient (Wildman–Crippen LogP) is 9.97. The van der Waals surface area contributed by atoms with Gasteiger partial charge in [-0.1, -0.05) is 72.8 Å². The molecule has 14 heteroatoms. The molecule has 6 aromatic heterocycles. The van der Waals surface area contributed by atoms with Crippen molar-refractivity contribution >= 4 is 154 Å². The van der Waals surface area contributed by atoms with Crippen LogP contribution in [-0.4, -0.2) is 119 Å². The molecule has 13 rings (SSSR count). The third-order valence-electron chi connectivity index (χ3n) is 10.2. The molecule has 0 radical (unpaired) electrons. The second-order valence-electron chi connectivity index (χ2n) is 16.0. The molecule has 0 atom stereocenters. The molecule has 1 amide bonds. The first-order valence-electron chi connectivity index (χ1n) is 23.5. The molecule has 0 saturated carbocycles. The number of hydrogen-bond acceptors (Lipinski definition) is 7. The van der Waals surface area contributed by atoms with Crippen LogP contribution in [0.1, 0.15) is 0 Å². The third kappa shape index (κ3) is 21.9. The first kappa shape index (κ1) is 63.1. The SMILES string of the molecule is CN(C)C=O.[Fe+2].[Fe+2].[Se-]c1ccccc1.[Se-]c1ccccc1.[Se-]c1ccccc1.[Se-]c1ccccc1.c1cnc2c(c1)ccc1cccnc12.c1cnc2c(c1)ccc1cccnc12.c1cnc2c(c1)ccc1cccnc12. The van der Waals surface area contributed by atoms with Crippen LogP contribution < -0.4 is 17.8 Å². The molecule has 0 saturated heterocycles. The molecule has 13 aromatic rings. The van der Waals surface area contributed by atoms with E-state index in [1.807, 2.05) is 158 Å². The van der Waals surface area contributed by atoms with Gasteiger partial charge in [0.25, 0.3) is 0 Å². The van der Waals surface area contributed by atoms with E-state index in [0.29, 0.717) is 0 Å². The maximum atomic E-state index is 9.43. The summed E-state index contributed by atoms with van der Waals surface area (Å²) in [5, 5.41) is 6.83. The molecule has 0 unspecified atom stereocenters. The average molecular weight is 1350 g/mol. The summed E-state index contributed by atoms with van der Waals surface area (Å²) in [6.45, 7) is 0. The second kappa shape index (κ2) is 35.8. The Hall–Kier alpha value is -6.41. The zero-order chi connectivity index (χ0) is 52.9. The fourth-order valence-electron chi connectivity index (χ4n) is 6.72. The van der Waals surface area contributed by atoms with Crippen LogP contribution >= 0.6 is 0 Å². The quantitative estimate of drug-likeness (QED) is 0.0918. The number of benzene rings is 7. The Morgan fingerprint density at radius 2 is 0.429 bits per heavy atom. The summed E-state index contributed by atoms with van der Waals surface area (Å²) in [5.74, 6) is 0. The monoisotopic (exact) mass is 1350 g/mol. The van der Waals surface area contributed by atoms with Gasteiger partial charge in [-0.25, -0.2) is 0 Å². The van der Waals surface area contributed by atoms with Crippen LogP contribution in [0.2, 0.25) is 0 Å². The van der Waals surface area contributed by atoms with Gasteiger partial charge in [0.15, 0.2) is 0 Å². The van der Waals surface area contributed by atoms with Crippen molar-refractivity contribution in [3.05, 3.63) is 268 Å². The van der Waals surface area contributed by atoms with Gasteiger partial charge in [-0.15, -0.1) is 0 Å². The minimum atomic E-state index is 0. The minimum Gasteiger partial charge on any atom is -0.254 e. The van der Waals surface area contributed by atoms with Crippen LogP contribution in [0.4, 0.5) is 0 Å². The zero-order valence-corrected chi connectivity index (χ0v) is 50.9. The topological polar surface area (TPSA) is 97.7 Å². The Kier molecular flexibility index (Phi) is 29.4. The fraction of sp³-hybridized carbons (Fsp3) is 0.0317. The number of aromatic nitrogens is 6. The summed E-state index contributed by atoms with van der Waals surface area (Å²) in [4.78, 5) is 37.0. The molecule has 0 aliphatic heterocycles. The molecule has 384 valence electrons. The van der Waals surface area contributed by atoms with Crippen LogP contribution in [-0.2, 0) is 38.9 Å². The number of rotatable bonds is 1. The third-order valence-corrected chi connectivity index (χ3v) is 12.5. The van der Waals surface area contributed by atoms with Crippen molar-refractivity contribution in [2.24, 2.45) is 0 Å². The van der Waals surface area contributed by atoms with Gasteiger partial charge < -0.3 is 4.90 Å². The van der Waals surface area contributed by atoms with E-state index in [4.69, 9.17) is 0 Å². The van der Waals surface area contributed by atoms with E-state index in [-0.39, 0.29) is 34.1 Å². The molecule has 8 nitrogen and oxygen atoms in total. The summed E-state index contributed by atoms with van der Waals surface area (Å²) < 4.78 is 4.79. The van der Waals surface area contributed by atoms with Crippen molar-refractivity contribution in [2.75, 3.05) is 14.1 Å². The smallest absolute Gasteiger partial charge is 0.0964 e. The predicted molar refractivity (Wildman–Crippen MR) is 318 cm³/mol. The number of nitrogens with zero attached hydrogens (tertiary/aromatic N) is 7. The molecule has 77 heavy (non-hydrogen) atoms. The van der Waals surface area contributed by atoms with Crippen LogP contribution in [0.3, 0.4) is 0 Å². The number of carbonyl (C=O) groups excluding carboxylic acids is 1. The molecule has 0 aliphatic carbocycles. The molecule has 0 fully saturated rings. The van der Waals surface area contributed by atoms with E-state index >= 15 is 0 Å². The first-order valence-corrected chi connectivity index (χ1v) is 26.9. The molecular weight excluding hydrogens is 1300 g/mol. The fourth-order valence-corrected chi connectivity index (χ4v) is 8.04. The van der Waals surface area contributed by atoms with Crippen LogP contribution in [0.15, 0.2) is 268 Å². The Morgan fingerprint density at radius 3 is 0.545 bits per heavy atom. The number of fused-ring (bicyclic) bond motifs is 9. The number of pyridine rings is 6. The molecule has 7 aromatic carbocycles. The van der Waals surface area contributed by atoms with Crippen LogP contribution in [0.25, 0.3) is 65.4 Å². The van der Waals surface area contributed by atoms with Gasteiger partial charge in [-0.2, -0.15) is 0 Å². The van der Waals surface area contributed by atoms with E-state index in [0.717, 1.165) is 71.8 Å². The maximum absolute atomic E-state index is 9.43. The summed E-state index contributed by atoms with van der Waals surface area (Å²) in [6.07, 6.45) is 11.6. The van der Waals surface area contributed by atoms with Crippen molar-refractivity contribution in [1.82, 2.24) is 34.8 Å². The summed E-state index contributed by atoms with van der Waals surface area (Å²) in [7, 11) is 3.38. The molecule has 6 heterocycles. The van der Waals surface area contributed by atoms with E-state index in [1.54, 1.807) is 51.3 Å². The van der Waals surface area contributed by atoms with Crippen LogP contribution in [0.5, 0.6) is 0 Å². The standard InChI is InChI=1S/3C12H8N2.4C6H6Se.C3H7NO.2Fe/c3*1-3-9-5-6-10-4-2-8-14-12(10)11(9)13-7-1;4*7-6-4-2-1-3-5-6;1-4(2)3-5;;/h3*1-8H;4*1-5,7H;3H,1-2H3;;/q;;;;;;;;2*+2/p-4. The minimum absolute atomic E-state index is 0. The van der Waals surface area contributed by atoms with Crippen molar-refractivity contribution in [3.8, 4) is 0 Å². The molecule has 0 bridgehead atoms. The van der Waals surface area contributed by atoms with Gasteiger partial charge in [0.1, 0.15) is 0 Å². The van der Waals surface area contributed by atoms with Crippen molar-refractivity contribution in [1.29, 1.82) is 0 Å². The molecular formula is C63H51Fe2N7OSe4. The summed E-state index contributed by atoms with van der Waals surface area (Å²) in [6, 6.07) is 76.7. The number of hydrogen-bond donors (Lipinski definition) is 0. The van der Waals surface area contributed by atoms with Gasteiger partial charge in [0.2, 0.25) is 6.41 Å². The summed E-state index contributed by atoms with van der Waals surface area (Å²) >= 11 is 11.6. The zero-order valence-electron chi connectivity index (χ0n) is 41.9. The average Bonchev–Trinajstić information content (AvgIpc) is 3.47. The van der Waals surface area contributed by atoms with Gasteiger partial charge in [0, 0.05) is 83.6 Å². The van der Waals surface area contributed by atoms with Gasteiger partial charge in [-0.3, -0.25) is 34.7 Å². The largest absolute Gasteiger partial charge is 0.254 e. The van der Waals surface area contributed by atoms with E-state index in [2.05, 4.69) is 167 Å². The normalized spacial score (nSPS) is 9.48. The second-order valence-corrected chi connectivity index (χ2v) is 19.9. The van der Waals surface area contributed by atoms with E-state index in [9.17, 15) is 4.79 Å². The van der Waals surface area contributed by atoms with Gasteiger partial charge in [0.05, 0.1) is 33.1 Å². The first-order chi connectivity index (χ1) is 36.7. The van der Waals surface area contributed by atoms with E-state index in [1.165, 1.54) is 22.7 Å². The van der Waals surface area contributed by atoms with Gasteiger partial charge >= 0.3 is 237 Å². The molecule has 0 spiro atoms. The molecule has 0 aliphatic rings. The Morgan fingerprint density at radius 1 is 0.273 bits per heavy atom. The van der Waals surface area contributed by atoms with Gasteiger partial charge in [-0.05, 0) is 36.4 Å². The van der Waals surface area contributed by atoms with Crippen molar-refractivity contribution in [3.63, 3.8) is 0 Å². The molecule has 0 N–H and O–H groups in total. The Balaban J connectivity index is 0.000000195. The number of carbonyl (C=O) groups is 1. The van der Waals surface area contributed by atoms with Crippen LogP contribution in [0, 0.1) is 0 Å². The Labute approximate surface area is 504 Å². The summed E-state index contributed by atoms with van der Waals surface area (Å²) in [5.41, 5.74) is 5.86. The number of amides is 1. The van der Waals surface area contributed by atoms with Crippen molar-refractivity contribution < 1.29 is 38.9 Å². The maximum Gasteiger partial charge on any atom is 0.0964 e.